The Morgan fingerprint density at radius 3 is 2.78 bits per heavy atom. The topological polar surface area (TPSA) is 107 Å². The van der Waals surface area contributed by atoms with Crippen molar-refractivity contribution in [1.29, 1.82) is 0 Å². The number of hydrogen-bond acceptors (Lipinski definition) is 7. The molecule has 46 heavy (non-hydrogen) atoms. The van der Waals surface area contributed by atoms with Crippen LogP contribution >= 0.6 is 11.6 Å². The molecule has 2 aromatic rings. The van der Waals surface area contributed by atoms with Crippen molar-refractivity contribution in [2.45, 2.75) is 63.4 Å². The number of anilines is 1. The van der Waals surface area contributed by atoms with Crippen LogP contribution in [0.25, 0.3) is 0 Å². The number of ether oxygens (including phenoxy) is 3. The van der Waals surface area contributed by atoms with Gasteiger partial charge in [-0.25, -0.2) is 4.21 Å². The number of allylic oxidation sites excluding steroid dienone is 1. The highest BCUT2D eigenvalue weighted by atomic mass is 35.5. The molecular weight excluding hydrogens is 626 g/mol. The van der Waals surface area contributed by atoms with Crippen molar-refractivity contribution < 1.29 is 28.0 Å². The van der Waals surface area contributed by atoms with Crippen LogP contribution in [0.2, 0.25) is 5.02 Å². The summed E-state index contributed by atoms with van der Waals surface area (Å²) in [5, 5.41) is 0.735. The van der Waals surface area contributed by atoms with E-state index in [0.717, 1.165) is 36.4 Å². The van der Waals surface area contributed by atoms with Gasteiger partial charge in [-0.3, -0.25) is 14.3 Å². The normalized spacial score (nSPS) is 24.2. The van der Waals surface area contributed by atoms with Crippen LogP contribution in [0.15, 0.2) is 52.9 Å². The SMILES string of the molecule is COCC(=O)NS(=O)(CCC/C=C/[C@H](OC)[C@@H]1CC[C@H]1C)=NC(=O)c1ccc2c(c1)N(C)C[C@@]1(CCCc3cc(Cl)ccc31)CO2. The molecule has 9 nitrogen and oxygen atoms in total. The van der Waals surface area contributed by atoms with Crippen LogP contribution in [0.5, 0.6) is 5.75 Å². The van der Waals surface area contributed by atoms with Gasteiger partial charge in [0, 0.05) is 43.8 Å². The van der Waals surface area contributed by atoms with Crippen LogP contribution in [0.3, 0.4) is 0 Å². The minimum absolute atomic E-state index is 0.0237. The van der Waals surface area contributed by atoms with Gasteiger partial charge in [0.1, 0.15) is 22.3 Å². The third-order valence-corrected chi connectivity index (χ3v) is 11.8. The highest BCUT2D eigenvalue weighted by Crippen LogP contribution is 2.44. The Hall–Kier alpha value is -2.92. The zero-order valence-corrected chi connectivity index (χ0v) is 28.8. The number of rotatable bonds is 11. The lowest BCUT2D eigenvalue weighted by Gasteiger charge is -2.39. The van der Waals surface area contributed by atoms with Gasteiger partial charge in [0.15, 0.2) is 0 Å². The smallest absolute Gasteiger partial charge is 0.286 e. The highest BCUT2D eigenvalue weighted by Gasteiger charge is 2.41. The minimum Gasteiger partial charge on any atom is -0.490 e. The number of carbonyl (C=O) groups excluding carboxylic acids is 2. The van der Waals surface area contributed by atoms with E-state index in [0.29, 0.717) is 43.6 Å². The average molecular weight is 672 g/mol. The van der Waals surface area contributed by atoms with Crippen LogP contribution in [0, 0.1) is 11.8 Å². The molecule has 2 aromatic carbocycles. The summed E-state index contributed by atoms with van der Waals surface area (Å²) in [7, 11) is 1.68. The second-order valence-electron chi connectivity index (χ2n) is 13.0. The monoisotopic (exact) mass is 671 g/mol. The lowest BCUT2D eigenvalue weighted by Crippen LogP contribution is -2.44. The predicted octanol–water partition coefficient (Wildman–Crippen LogP) is 6.13. The van der Waals surface area contributed by atoms with Crippen molar-refractivity contribution in [2.75, 3.05) is 51.7 Å². The number of amides is 2. The first kappa shape index (κ1) is 34.4. The minimum atomic E-state index is -3.41. The first-order chi connectivity index (χ1) is 22.1. The quantitative estimate of drug-likeness (QED) is 0.226. The van der Waals surface area contributed by atoms with Gasteiger partial charge in [0.05, 0.1) is 24.2 Å². The number of aryl methyl sites for hydroxylation is 1. The first-order valence-electron chi connectivity index (χ1n) is 16.1. The van der Waals surface area contributed by atoms with Gasteiger partial charge in [-0.1, -0.05) is 36.7 Å². The average Bonchev–Trinajstić information content (AvgIpc) is 3.15. The molecule has 1 heterocycles. The fraction of sp³-hybridized carbons (Fsp3) is 0.543. The van der Waals surface area contributed by atoms with E-state index in [1.807, 2.05) is 19.2 Å². The number of fused-ring (bicyclic) bond motifs is 3. The van der Waals surface area contributed by atoms with Gasteiger partial charge in [-0.05, 0) is 98.2 Å². The molecule has 2 amide bonds. The first-order valence-corrected chi connectivity index (χ1v) is 18.2. The van der Waals surface area contributed by atoms with Crippen molar-refractivity contribution in [2.24, 2.45) is 16.2 Å². The molecule has 1 unspecified atom stereocenters. The molecule has 1 saturated carbocycles. The van der Waals surface area contributed by atoms with Crippen molar-refractivity contribution in [1.82, 2.24) is 4.72 Å². The van der Waals surface area contributed by atoms with Gasteiger partial charge >= 0.3 is 0 Å². The zero-order chi connectivity index (χ0) is 32.9. The maximum atomic E-state index is 13.9. The Balaban J connectivity index is 1.32. The molecule has 0 saturated heterocycles. The van der Waals surface area contributed by atoms with E-state index in [1.54, 1.807) is 25.3 Å². The van der Waals surface area contributed by atoms with Gasteiger partial charge in [-0.15, -0.1) is 4.36 Å². The molecule has 1 fully saturated rings. The third-order valence-electron chi connectivity index (χ3n) is 9.68. The second kappa shape index (κ2) is 14.9. The summed E-state index contributed by atoms with van der Waals surface area (Å²) in [6, 6.07) is 11.3. The number of nitrogens with one attached hydrogen (secondary N) is 1. The van der Waals surface area contributed by atoms with Crippen molar-refractivity contribution in [3.05, 3.63) is 70.3 Å². The summed E-state index contributed by atoms with van der Waals surface area (Å²) in [5.74, 6) is 0.592. The summed E-state index contributed by atoms with van der Waals surface area (Å²) in [6.45, 7) is 3.16. The Bertz CT molecular complexity index is 1590. The van der Waals surface area contributed by atoms with Crippen molar-refractivity contribution in [3.8, 4) is 5.75 Å². The maximum absolute atomic E-state index is 13.9. The van der Waals surface area contributed by atoms with Gasteiger partial charge in [0.25, 0.3) is 11.8 Å². The van der Waals surface area contributed by atoms with Crippen LogP contribution in [0.1, 0.15) is 66.9 Å². The van der Waals surface area contributed by atoms with Crippen LogP contribution in [0.4, 0.5) is 5.69 Å². The molecule has 1 aliphatic heterocycles. The summed E-state index contributed by atoms with van der Waals surface area (Å²) in [6.07, 6.45) is 10.6. The number of unbranched alkanes of at least 4 members (excludes halogenated alkanes) is 1. The second-order valence-corrected chi connectivity index (χ2v) is 15.5. The molecule has 5 rings (SSSR count). The van der Waals surface area contributed by atoms with E-state index < -0.39 is 21.7 Å². The van der Waals surface area contributed by atoms with Crippen molar-refractivity contribution in [3.63, 3.8) is 0 Å². The standard InChI is InChI=1S/C35H46ClN3O6S/c1-24-11-14-28(24)31(44-4)10-6-5-7-18-46(42,37-33(40)21-43-3)38-34(41)26-12-16-32-30(20-26)39(2)22-35(23-45-32)17-8-9-25-19-27(36)13-15-29(25)35/h6,10,12-13,15-16,19-20,24,28,31H,5,7-9,11,14,17-18,21-23H2,1-4H3,(H,37,38,40,41,42)/b10-6+/t24-,28-,31+,35+,46?/m1/s1. The summed E-state index contributed by atoms with van der Waals surface area (Å²) in [4.78, 5) is 28.0. The van der Waals surface area contributed by atoms with Gasteiger partial charge in [-0.2, -0.15) is 0 Å². The number of nitrogens with zero attached hydrogens (tertiary/aromatic N) is 2. The molecule has 1 N–H and O–H groups in total. The fourth-order valence-corrected chi connectivity index (χ4v) is 8.85. The molecule has 5 atom stereocenters. The number of halogens is 1. The Labute approximate surface area is 278 Å². The summed E-state index contributed by atoms with van der Waals surface area (Å²) < 4.78 is 37.4. The van der Waals surface area contributed by atoms with Crippen molar-refractivity contribution >= 4 is 39.0 Å². The van der Waals surface area contributed by atoms with Crippen LogP contribution < -0.4 is 14.4 Å². The number of benzene rings is 2. The molecule has 0 aromatic heterocycles. The molecule has 2 aliphatic carbocycles. The molecule has 1 spiro atoms. The zero-order valence-electron chi connectivity index (χ0n) is 27.3. The number of likely N-dealkylation sites (N-methyl/N-ethyl adjacent to an activating group) is 1. The highest BCUT2D eigenvalue weighted by molar-refractivity contribution is 7.92. The molecule has 0 radical (unpaired) electrons. The molecule has 250 valence electrons. The van der Waals surface area contributed by atoms with Gasteiger partial charge < -0.3 is 19.1 Å². The maximum Gasteiger partial charge on any atom is 0.286 e. The Morgan fingerprint density at radius 1 is 1.24 bits per heavy atom. The number of methoxy groups -OCH3 is 2. The lowest BCUT2D eigenvalue weighted by atomic mass is 9.70. The number of carbonyl (C=O) groups is 2. The van der Waals surface area contributed by atoms with E-state index >= 15 is 0 Å². The Morgan fingerprint density at radius 2 is 2.07 bits per heavy atom. The lowest BCUT2D eigenvalue weighted by molar-refractivity contribution is -0.122. The molecule has 0 bridgehead atoms. The molecule has 11 heteroatoms. The Kier molecular flexibility index (Phi) is 11.1. The summed E-state index contributed by atoms with van der Waals surface area (Å²) >= 11 is 6.31. The van der Waals surface area contributed by atoms with Crippen LogP contribution in [-0.4, -0.2) is 68.9 Å². The van der Waals surface area contributed by atoms with E-state index in [4.69, 9.17) is 25.8 Å². The van der Waals surface area contributed by atoms with E-state index in [1.165, 1.54) is 24.7 Å². The van der Waals surface area contributed by atoms with E-state index in [-0.39, 0.29) is 29.4 Å². The van der Waals surface area contributed by atoms with E-state index in [2.05, 4.69) is 39.1 Å². The fourth-order valence-electron chi connectivity index (χ4n) is 7.07. The predicted molar refractivity (Wildman–Crippen MR) is 182 cm³/mol. The van der Waals surface area contributed by atoms with Gasteiger partial charge in [0.2, 0.25) is 0 Å². The largest absolute Gasteiger partial charge is 0.490 e. The number of hydrogen-bond donors (Lipinski definition) is 1. The third kappa shape index (κ3) is 7.78. The van der Waals surface area contributed by atoms with Crippen LogP contribution in [-0.2, 0) is 36.0 Å². The molecular formula is C35H46ClN3O6S. The summed E-state index contributed by atoms with van der Waals surface area (Å²) in [5.41, 5.74) is 3.32. The molecule has 3 aliphatic rings. The van der Waals surface area contributed by atoms with E-state index in [9.17, 15) is 13.8 Å².